The van der Waals surface area contributed by atoms with E-state index in [4.69, 9.17) is 0 Å². The Morgan fingerprint density at radius 2 is 1.93 bits per heavy atom. The van der Waals surface area contributed by atoms with Crippen LogP contribution >= 0.6 is 0 Å². The number of para-hydroxylation sites is 2. The lowest BCUT2D eigenvalue weighted by Crippen LogP contribution is -2.47. The van der Waals surface area contributed by atoms with Gasteiger partial charge in [-0.25, -0.2) is 9.80 Å². The van der Waals surface area contributed by atoms with Gasteiger partial charge in [-0.1, -0.05) is 12.1 Å². The first-order valence-electron chi connectivity index (χ1n) is 4.81. The molecule has 2 amide bonds. The van der Waals surface area contributed by atoms with E-state index in [1.807, 2.05) is 29.3 Å². The summed E-state index contributed by atoms with van der Waals surface area (Å²) in [5, 5.41) is 6.69. The van der Waals surface area contributed by atoms with Gasteiger partial charge in [-0.15, -0.1) is 0 Å². The monoisotopic (exact) mass is 189 g/mol. The van der Waals surface area contributed by atoms with Gasteiger partial charge in [0.05, 0.1) is 11.4 Å². The van der Waals surface area contributed by atoms with Crippen molar-refractivity contribution in [1.29, 1.82) is 0 Å². The second-order valence-electron chi connectivity index (χ2n) is 3.55. The van der Waals surface area contributed by atoms with E-state index >= 15 is 0 Å². The van der Waals surface area contributed by atoms with E-state index in [2.05, 4.69) is 5.32 Å². The molecule has 4 heteroatoms. The molecule has 2 aliphatic rings. The van der Waals surface area contributed by atoms with Crippen LogP contribution in [0.1, 0.15) is 6.42 Å². The van der Waals surface area contributed by atoms with Crippen molar-refractivity contribution in [1.82, 2.24) is 5.01 Å². The van der Waals surface area contributed by atoms with Crippen LogP contribution in [0.3, 0.4) is 0 Å². The summed E-state index contributed by atoms with van der Waals surface area (Å²) in [6.45, 7) is 1.75. The maximum atomic E-state index is 11.6. The highest BCUT2D eigenvalue weighted by molar-refractivity contribution is 5.98. The number of nitrogens with zero attached hydrogens (tertiary/aromatic N) is 2. The van der Waals surface area contributed by atoms with Crippen LogP contribution < -0.4 is 10.3 Å². The van der Waals surface area contributed by atoms with Crippen LogP contribution in [0.15, 0.2) is 24.3 Å². The van der Waals surface area contributed by atoms with E-state index in [-0.39, 0.29) is 6.03 Å². The van der Waals surface area contributed by atoms with Crippen LogP contribution in [0.2, 0.25) is 0 Å². The summed E-state index contributed by atoms with van der Waals surface area (Å²) in [7, 11) is 0. The molecule has 72 valence electrons. The number of nitrogens with one attached hydrogen (secondary N) is 1. The van der Waals surface area contributed by atoms with Gasteiger partial charge >= 0.3 is 6.03 Å². The topological polar surface area (TPSA) is 35.6 Å². The number of urea groups is 1. The lowest BCUT2D eigenvalue weighted by atomic mass is 10.2. The minimum absolute atomic E-state index is 0.0128. The third-order valence-corrected chi connectivity index (χ3v) is 2.69. The number of hydrogen-bond acceptors (Lipinski definition) is 2. The third-order valence-electron chi connectivity index (χ3n) is 2.69. The molecule has 4 nitrogen and oxygen atoms in total. The van der Waals surface area contributed by atoms with Crippen molar-refractivity contribution in [2.45, 2.75) is 6.42 Å². The van der Waals surface area contributed by atoms with Gasteiger partial charge in [-0.05, 0) is 18.6 Å². The van der Waals surface area contributed by atoms with Gasteiger partial charge in [0, 0.05) is 13.1 Å². The largest absolute Gasteiger partial charge is 0.340 e. The van der Waals surface area contributed by atoms with Crippen LogP contribution in [0.25, 0.3) is 0 Å². The normalized spacial score (nSPS) is 19.0. The van der Waals surface area contributed by atoms with Crippen molar-refractivity contribution in [2.24, 2.45) is 0 Å². The summed E-state index contributed by atoms with van der Waals surface area (Å²) in [5.74, 6) is 0. The predicted molar refractivity (Wildman–Crippen MR) is 54.1 cm³/mol. The predicted octanol–water partition coefficient (Wildman–Crippen LogP) is 1.66. The van der Waals surface area contributed by atoms with Crippen LogP contribution in [0, 0.1) is 0 Å². The number of carbonyl (C=O) groups excluding carboxylic acids is 1. The number of fused-ring (bicyclic) bond motifs is 3. The fourth-order valence-electron chi connectivity index (χ4n) is 2.06. The molecule has 2 aliphatic heterocycles. The minimum Gasteiger partial charge on any atom is -0.304 e. The van der Waals surface area contributed by atoms with Gasteiger partial charge in [0.15, 0.2) is 0 Å². The smallest absolute Gasteiger partial charge is 0.304 e. The number of benzene rings is 1. The standard InChI is InChI=1S/C10H11N3O/c14-10-11-8-4-1-2-5-9(8)12-6-3-7-13(10)12/h1-2,4-5H,3,6-7H2,(H,11,14). The van der Waals surface area contributed by atoms with Crippen molar-refractivity contribution in [2.75, 3.05) is 23.4 Å². The molecular weight excluding hydrogens is 178 g/mol. The fraction of sp³-hybridized carbons (Fsp3) is 0.300. The molecular formula is C10H11N3O. The molecule has 0 spiro atoms. The first-order valence-corrected chi connectivity index (χ1v) is 4.81. The van der Waals surface area contributed by atoms with Gasteiger partial charge < -0.3 is 5.32 Å². The molecule has 0 radical (unpaired) electrons. The van der Waals surface area contributed by atoms with Crippen molar-refractivity contribution in [3.8, 4) is 0 Å². The Kier molecular flexibility index (Phi) is 1.45. The second kappa shape index (κ2) is 2.64. The van der Waals surface area contributed by atoms with Crippen LogP contribution in [-0.4, -0.2) is 24.1 Å². The maximum Gasteiger partial charge on any atom is 0.340 e. The first kappa shape index (κ1) is 7.67. The van der Waals surface area contributed by atoms with Crippen molar-refractivity contribution in [3.05, 3.63) is 24.3 Å². The molecule has 0 atom stereocenters. The number of rotatable bonds is 0. The highest BCUT2D eigenvalue weighted by Gasteiger charge is 2.32. The average molecular weight is 189 g/mol. The summed E-state index contributed by atoms with van der Waals surface area (Å²) in [4.78, 5) is 11.6. The molecule has 14 heavy (non-hydrogen) atoms. The summed E-state index contributed by atoms with van der Waals surface area (Å²) in [6, 6.07) is 7.88. The summed E-state index contributed by atoms with van der Waals surface area (Å²) in [5.41, 5.74) is 2.01. The Labute approximate surface area is 82.1 Å². The maximum absolute atomic E-state index is 11.6. The van der Waals surface area contributed by atoms with E-state index in [0.717, 1.165) is 30.9 Å². The molecule has 2 heterocycles. The van der Waals surface area contributed by atoms with Crippen LogP contribution in [-0.2, 0) is 0 Å². The van der Waals surface area contributed by atoms with Gasteiger partial charge in [0.25, 0.3) is 0 Å². The van der Waals surface area contributed by atoms with Crippen molar-refractivity contribution in [3.63, 3.8) is 0 Å². The van der Waals surface area contributed by atoms with Gasteiger partial charge in [0.2, 0.25) is 0 Å². The van der Waals surface area contributed by atoms with Crippen molar-refractivity contribution < 1.29 is 4.79 Å². The Balaban J connectivity index is 2.11. The Morgan fingerprint density at radius 3 is 2.86 bits per heavy atom. The lowest BCUT2D eigenvalue weighted by molar-refractivity contribution is 0.216. The molecule has 1 saturated heterocycles. The number of hydrazine groups is 1. The zero-order valence-corrected chi connectivity index (χ0v) is 7.73. The van der Waals surface area contributed by atoms with E-state index in [0.29, 0.717) is 0 Å². The second-order valence-corrected chi connectivity index (χ2v) is 3.55. The summed E-state index contributed by atoms with van der Waals surface area (Å²) >= 11 is 0. The molecule has 0 unspecified atom stereocenters. The number of anilines is 2. The van der Waals surface area contributed by atoms with Gasteiger partial charge in [-0.3, -0.25) is 5.01 Å². The third kappa shape index (κ3) is 0.907. The van der Waals surface area contributed by atoms with E-state index < -0.39 is 0 Å². The molecule has 1 fully saturated rings. The molecule has 0 aromatic heterocycles. The molecule has 0 bridgehead atoms. The average Bonchev–Trinajstić information content (AvgIpc) is 2.67. The zero-order chi connectivity index (χ0) is 9.54. The van der Waals surface area contributed by atoms with E-state index in [1.165, 1.54) is 0 Å². The fourth-order valence-corrected chi connectivity index (χ4v) is 2.06. The lowest BCUT2D eigenvalue weighted by Gasteiger charge is -2.35. The quantitative estimate of drug-likeness (QED) is 0.673. The Morgan fingerprint density at radius 1 is 1.14 bits per heavy atom. The number of carbonyl (C=O) groups is 1. The zero-order valence-electron chi connectivity index (χ0n) is 7.73. The Hall–Kier alpha value is -1.71. The van der Waals surface area contributed by atoms with Crippen LogP contribution in [0.5, 0.6) is 0 Å². The SMILES string of the molecule is O=C1Nc2ccccc2N2CCCN12. The molecule has 1 aromatic rings. The molecule has 0 aliphatic carbocycles. The number of amides is 2. The Bertz CT molecular complexity index is 391. The van der Waals surface area contributed by atoms with E-state index in [1.54, 1.807) is 5.01 Å². The molecule has 0 saturated carbocycles. The summed E-state index contributed by atoms with van der Waals surface area (Å²) < 4.78 is 0. The first-order chi connectivity index (χ1) is 6.86. The summed E-state index contributed by atoms with van der Waals surface area (Å²) in [6.07, 6.45) is 1.04. The highest BCUT2D eigenvalue weighted by Crippen LogP contribution is 2.33. The van der Waals surface area contributed by atoms with Crippen LogP contribution in [0.4, 0.5) is 16.2 Å². The highest BCUT2D eigenvalue weighted by atomic mass is 16.2. The minimum atomic E-state index is -0.0128. The van der Waals surface area contributed by atoms with Gasteiger partial charge in [0.1, 0.15) is 0 Å². The molecule has 1 N–H and O–H groups in total. The van der Waals surface area contributed by atoms with E-state index in [9.17, 15) is 4.79 Å². The number of hydrogen-bond donors (Lipinski definition) is 1. The van der Waals surface area contributed by atoms with Crippen molar-refractivity contribution >= 4 is 17.4 Å². The van der Waals surface area contributed by atoms with Gasteiger partial charge in [-0.2, -0.15) is 0 Å². The molecule has 3 rings (SSSR count). The molecule has 1 aromatic carbocycles.